The van der Waals surface area contributed by atoms with Crippen LogP contribution in [-0.4, -0.2) is 82.2 Å². The van der Waals surface area contributed by atoms with Crippen molar-refractivity contribution < 1.29 is 51.6 Å². The number of hydrogen-bond acceptors (Lipinski definition) is 11. The zero-order valence-corrected chi connectivity index (χ0v) is 59.5. The van der Waals surface area contributed by atoms with Gasteiger partial charge in [0.25, 0.3) is 7.37 Å². The van der Waals surface area contributed by atoms with Crippen molar-refractivity contribution in [3.63, 3.8) is 0 Å². The lowest BCUT2D eigenvalue weighted by Gasteiger charge is -2.47. The van der Waals surface area contributed by atoms with Crippen LogP contribution in [0.3, 0.4) is 0 Å². The van der Waals surface area contributed by atoms with Crippen LogP contribution in [0.2, 0.25) is 18.1 Å². The zero-order chi connectivity index (χ0) is 65.1. The lowest BCUT2D eigenvalue weighted by atomic mass is 9.96. The first-order valence-corrected chi connectivity index (χ1v) is 40.3. The minimum absolute atomic E-state index is 0.00104. The molecule has 1 aliphatic heterocycles. The number of nitrogens with one attached hydrogen (secondary N) is 1. The Morgan fingerprint density at radius 3 is 1.50 bits per heavy atom. The van der Waals surface area contributed by atoms with Gasteiger partial charge in [-0.3, -0.25) is 18.9 Å². The Kier molecular flexibility index (Phi) is 40.3. The highest BCUT2D eigenvalue weighted by atomic mass is 31.2. The molecular weight excluding hydrogens is 1160 g/mol. The summed E-state index contributed by atoms with van der Waals surface area (Å²) >= 11 is 0. The summed E-state index contributed by atoms with van der Waals surface area (Å²) in [6.45, 7) is 21.8. The summed E-state index contributed by atoms with van der Waals surface area (Å²) in [6, 6.07) is 26.9. The maximum Gasteiger partial charge on any atom is 0.310 e. The summed E-state index contributed by atoms with van der Waals surface area (Å²) in [5, 5.41) is 3.90. The Balaban J connectivity index is 1.75. The number of esters is 2. The van der Waals surface area contributed by atoms with E-state index in [-0.39, 0.29) is 49.4 Å². The van der Waals surface area contributed by atoms with Crippen LogP contribution in [0.1, 0.15) is 265 Å². The second-order valence-electron chi connectivity index (χ2n) is 27.0. The minimum atomic E-state index is -4.08. The van der Waals surface area contributed by atoms with Gasteiger partial charge in [0, 0.05) is 17.0 Å². The summed E-state index contributed by atoms with van der Waals surface area (Å²) in [6.07, 6.45) is 30.1. The predicted molar refractivity (Wildman–Crippen MR) is 373 cm³/mol. The monoisotopic (exact) mass is 1290 g/mol. The fourth-order valence-electron chi connectivity index (χ4n) is 11.6. The molecule has 1 N–H and O–H groups in total. The molecular formula is C76H124NO11PSi. The molecule has 14 heteroatoms. The molecule has 7 atom stereocenters. The fraction of sp³-hybridized carbons (Fsp3) is 0.697. The Bertz CT molecular complexity index is 2340. The quantitative estimate of drug-likeness (QED) is 0.0190. The Labute approximate surface area is 548 Å². The summed E-state index contributed by atoms with van der Waals surface area (Å²) in [5.41, 5.74) is 1.00. The van der Waals surface area contributed by atoms with Crippen LogP contribution >= 0.6 is 7.37 Å². The number of hydrogen-bond donors (Lipinski definition) is 1. The van der Waals surface area contributed by atoms with Crippen molar-refractivity contribution >= 4 is 44.1 Å². The predicted octanol–water partition coefficient (Wildman–Crippen LogP) is 19.5. The van der Waals surface area contributed by atoms with Crippen LogP contribution in [0, 0.1) is 0 Å². The summed E-state index contributed by atoms with van der Waals surface area (Å²) in [5.74, 6) is -1.35. The highest BCUT2D eigenvalue weighted by Crippen LogP contribution is 2.49. The molecule has 0 saturated carbocycles. The van der Waals surface area contributed by atoms with Crippen molar-refractivity contribution in [1.82, 2.24) is 5.32 Å². The van der Waals surface area contributed by atoms with E-state index >= 15 is 14.2 Å². The van der Waals surface area contributed by atoms with Crippen molar-refractivity contribution in [1.29, 1.82) is 0 Å². The lowest BCUT2D eigenvalue weighted by Crippen LogP contribution is -2.67. The number of benzene rings is 3. The van der Waals surface area contributed by atoms with E-state index in [1.807, 2.05) is 66.7 Å². The molecule has 90 heavy (non-hydrogen) atoms. The van der Waals surface area contributed by atoms with Crippen LogP contribution in [0.5, 0.6) is 0 Å². The van der Waals surface area contributed by atoms with E-state index in [1.165, 1.54) is 116 Å². The summed E-state index contributed by atoms with van der Waals surface area (Å²) < 4.78 is 63.7. The first kappa shape index (κ1) is 78.5. The van der Waals surface area contributed by atoms with E-state index in [0.717, 1.165) is 76.2 Å². The van der Waals surface area contributed by atoms with Gasteiger partial charge in [0.15, 0.2) is 20.7 Å². The van der Waals surface area contributed by atoms with Crippen molar-refractivity contribution in [2.75, 3.05) is 13.2 Å². The van der Waals surface area contributed by atoms with Crippen LogP contribution in [-0.2, 0) is 58.2 Å². The van der Waals surface area contributed by atoms with Gasteiger partial charge >= 0.3 is 11.9 Å². The van der Waals surface area contributed by atoms with E-state index < -0.39 is 64.5 Å². The second kappa shape index (κ2) is 46.2. The second-order valence-corrected chi connectivity index (χ2v) is 34.2. The average molecular weight is 1290 g/mol. The minimum Gasteiger partial charge on any atom is -0.462 e. The number of unbranched alkanes of at least 4 members (excludes halogenated alkanes) is 26. The van der Waals surface area contributed by atoms with E-state index in [0.29, 0.717) is 30.1 Å². The van der Waals surface area contributed by atoms with Gasteiger partial charge in [-0.05, 0) is 73.6 Å². The number of carbonyl (C=O) groups is 3. The van der Waals surface area contributed by atoms with E-state index in [2.05, 4.69) is 66.5 Å². The van der Waals surface area contributed by atoms with Gasteiger partial charge < -0.3 is 38.0 Å². The standard InChI is InChI=1S/C76H124NO11PSi/c1-10-14-17-20-23-26-27-30-33-36-48-57-70(79)85-65(52-43-35-32-29-25-22-19-16-12-3)60-71(80)87-74-72(77-69(78)59-64(83-61-63-49-40-37-41-50-63)51-42-34-31-28-24-21-18-15-11-2)75(82-58-13-4)86-68(62-84-90(8,9)76(5,6)7)73(74)88-89(81,66-53-44-38-45-54-66)67-55-46-39-47-56-67/h13,37-41,44-47,49-50,53-56,64-65,68,72-75H,4,10-12,14-36,42-43,48,51-52,57-62H2,1-3,5-9H3,(H,77,78)/t64-,65-,68-,72-,73-,74-,75+/m1/s1. The van der Waals surface area contributed by atoms with Gasteiger partial charge in [-0.15, -0.1) is 6.58 Å². The molecule has 12 nitrogen and oxygen atoms in total. The van der Waals surface area contributed by atoms with Crippen LogP contribution in [0.4, 0.5) is 0 Å². The summed E-state index contributed by atoms with van der Waals surface area (Å²) in [7, 11) is -6.60. The molecule has 1 heterocycles. The molecule has 3 aromatic carbocycles. The smallest absolute Gasteiger partial charge is 0.310 e. The lowest BCUT2D eigenvalue weighted by molar-refractivity contribution is -0.265. The third-order valence-corrected chi connectivity index (χ3v) is 25.2. The molecule has 0 unspecified atom stereocenters. The van der Waals surface area contributed by atoms with Crippen LogP contribution < -0.4 is 15.9 Å². The average Bonchev–Trinajstić information content (AvgIpc) is 2.37. The van der Waals surface area contributed by atoms with E-state index in [4.69, 9.17) is 32.6 Å². The zero-order valence-electron chi connectivity index (χ0n) is 57.6. The molecule has 1 aliphatic rings. The van der Waals surface area contributed by atoms with E-state index in [9.17, 15) is 4.79 Å². The highest BCUT2D eigenvalue weighted by Gasteiger charge is 2.54. The molecule has 1 saturated heterocycles. The maximum atomic E-state index is 16.3. The molecule has 0 radical (unpaired) electrons. The number of amides is 1. The van der Waals surface area contributed by atoms with Gasteiger partial charge in [-0.1, -0.05) is 288 Å². The van der Waals surface area contributed by atoms with Gasteiger partial charge in [0.2, 0.25) is 5.91 Å². The number of ether oxygens (including phenoxy) is 5. The SMILES string of the molecule is C=CCO[C@H]1O[C@H](CO[Si](C)(C)C(C)(C)C)[C@@H](OP(=O)(c2ccccc2)c2ccccc2)[C@H](OC(=O)C[C@@H](CCCCCCCCCCC)OC(=O)CCCCCCCCCCCCC)[C@H]1NC(=O)C[C@@H](CCCCCCCCCCC)OCc1ccccc1. The van der Waals surface area contributed by atoms with Gasteiger partial charge in [0.1, 0.15) is 24.4 Å². The van der Waals surface area contributed by atoms with Gasteiger partial charge in [-0.2, -0.15) is 0 Å². The highest BCUT2D eigenvalue weighted by molar-refractivity contribution is 7.74. The van der Waals surface area contributed by atoms with E-state index in [1.54, 1.807) is 30.3 Å². The number of rotatable bonds is 52. The van der Waals surface area contributed by atoms with Crippen molar-refractivity contribution in [2.45, 2.75) is 327 Å². The Morgan fingerprint density at radius 1 is 0.589 bits per heavy atom. The normalized spacial score (nSPS) is 17.8. The van der Waals surface area contributed by atoms with Gasteiger partial charge in [-0.25, -0.2) is 0 Å². The third-order valence-electron chi connectivity index (χ3n) is 18.2. The molecule has 508 valence electrons. The molecule has 0 spiro atoms. The van der Waals surface area contributed by atoms with Crippen molar-refractivity contribution in [3.8, 4) is 0 Å². The first-order valence-electron chi connectivity index (χ1n) is 35.8. The maximum absolute atomic E-state index is 16.3. The van der Waals surface area contributed by atoms with Gasteiger partial charge in [0.05, 0.1) is 38.8 Å². The molecule has 4 rings (SSSR count). The number of carbonyl (C=O) groups excluding carboxylic acids is 3. The first-order chi connectivity index (χ1) is 43.5. The topological polar surface area (TPSA) is 145 Å². The Morgan fingerprint density at radius 2 is 1.03 bits per heavy atom. The molecule has 0 bridgehead atoms. The third kappa shape index (κ3) is 31.3. The van der Waals surface area contributed by atoms with Crippen molar-refractivity contribution in [3.05, 3.63) is 109 Å². The van der Waals surface area contributed by atoms with Crippen LogP contribution in [0.15, 0.2) is 104 Å². The molecule has 0 aromatic heterocycles. The summed E-state index contributed by atoms with van der Waals surface area (Å²) in [4.78, 5) is 44.2. The fourth-order valence-corrected chi connectivity index (χ4v) is 14.9. The largest absolute Gasteiger partial charge is 0.462 e. The van der Waals surface area contributed by atoms with Crippen LogP contribution in [0.25, 0.3) is 0 Å². The molecule has 0 aliphatic carbocycles. The Hall–Kier alpha value is -3.94. The molecule has 3 aromatic rings. The van der Waals surface area contributed by atoms with Crippen molar-refractivity contribution in [2.24, 2.45) is 0 Å². The molecule has 1 amide bonds. The molecule has 1 fully saturated rings.